The third-order valence-corrected chi connectivity index (χ3v) is 4.33. The van der Waals surface area contributed by atoms with Crippen LogP contribution in [0.4, 0.5) is 0 Å². The summed E-state index contributed by atoms with van der Waals surface area (Å²) in [6.45, 7) is 4.34. The van der Waals surface area contributed by atoms with E-state index in [4.69, 9.17) is 10.7 Å². The Morgan fingerprint density at radius 3 is 2.63 bits per heavy atom. The van der Waals surface area contributed by atoms with E-state index in [0.29, 0.717) is 18.4 Å². The van der Waals surface area contributed by atoms with E-state index in [0.717, 1.165) is 12.8 Å². The van der Waals surface area contributed by atoms with E-state index in [1.165, 1.54) is 10.8 Å². The van der Waals surface area contributed by atoms with Gasteiger partial charge in [0.1, 0.15) is 12.4 Å². The van der Waals surface area contributed by atoms with Crippen molar-refractivity contribution >= 4 is 25.6 Å². The third kappa shape index (κ3) is 3.27. The molecule has 1 amide bonds. The molecule has 106 valence electrons. The first-order valence-corrected chi connectivity index (χ1v) is 8.41. The Morgan fingerprint density at radius 1 is 1.58 bits per heavy atom. The number of carbonyl (C=O) groups excluding carboxylic acids is 1. The van der Waals surface area contributed by atoms with Crippen molar-refractivity contribution in [1.29, 1.82) is 0 Å². The molecular formula is C11H16ClN3O3S. The van der Waals surface area contributed by atoms with Crippen LogP contribution in [0, 0.1) is 6.92 Å². The first kappa shape index (κ1) is 14.3. The Morgan fingerprint density at radius 2 is 2.21 bits per heavy atom. The summed E-state index contributed by atoms with van der Waals surface area (Å²) in [7, 11) is 1.38. The summed E-state index contributed by atoms with van der Waals surface area (Å²) in [6.07, 6.45) is 3.39. The maximum Gasteiger partial charge on any atom is 0.280 e. The molecule has 1 aromatic rings. The lowest BCUT2D eigenvalue weighted by Gasteiger charge is -2.20. The van der Waals surface area contributed by atoms with Crippen molar-refractivity contribution in [3.63, 3.8) is 0 Å². The summed E-state index contributed by atoms with van der Waals surface area (Å²) < 4.78 is 23.9. The summed E-state index contributed by atoms with van der Waals surface area (Å²) in [5, 5.41) is -0.214. The Labute approximate surface area is 116 Å². The molecule has 1 heterocycles. The Balaban J connectivity index is 2.14. The van der Waals surface area contributed by atoms with Gasteiger partial charge in [0.15, 0.2) is 5.03 Å². The summed E-state index contributed by atoms with van der Waals surface area (Å²) >= 11 is 0. The van der Waals surface area contributed by atoms with Gasteiger partial charge in [-0.05, 0) is 26.7 Å². The van der Waals surface area contributed by atoms with Crippen LogP contribution < -0.4 is 0 Å². The van der Waals surface area contributed by atoms with Crippen molar-refractivity contribution in [2.45, 2.75) is 44.3 Å². The van der Waals surface area contributed by atoms with Gasteiger partial charge in [-0.15, -0.1) is 0 Å². The van der Waals surface area contributed by atoms with E-state index in [-0.39, 0.29) is 17.5 Å². The Bertz CT molecular complexity index is 592. The highest BCUT2D eigenvalue weighted by Crippen LogP contribution is 2.27. The van der Waals surface area contributed by atoms with Gasteiger partial charge in [0.25, 0.3) is 9.05 Å². The quantitative estimate of drug-likeness (QED) is 0.765. The number of nitrogens with zero attached hydrogens (tertiary/aromatic N) is 3. The first-order valence-electron chi connectivity index (χ1n) is 6.10. The second kappa shape index (κ2) is 5.13. The molecule has 1 aromatic heterocycles. The van der Waals surface area contributed by atoms with Crippen LogP contribution in [0.3, 0.4) is 0 Å². The van der Waals surface area contributed by atoms with Gasteiger partial charge in [-0.1, -0.05) is 0 Å². The molecule has 0 radical (unpaired) electrons. The maximum atomic E-state index is 12.1. The number of imidazole rings is 1. The molecule has 1 aliphatic rings. The van der Waals surface area contributed by atoms with Crippen LogP contribution in [0.2, 0.25) is 0 Å². The van der Waals surface area contributed by atoms with E-state index in [2.05, 4.69) is 4.98 Å². The third-order valence-electron chi connectivity index (χ3n) is 3.16. The van der Waals surface area contributed by atoms with Gasteiger partial charge in [0.2, 0.25) is 5.91 Å². The van der Waals surface area contributed by atoms with Crippen LogP contribution in [0.15, 0.2) is 11.2 Å². The number of hydrogen-bond acceptors (Lipinski definition) is 4. The minimum atomic E-state index is -3.85. The number of aryl methyl sites for hydroxylation is 1. The second-order valence-corrected chi connectivity index (χ2v) is 7.12. The molecule has 0 aliphatic heterocycles. The van der Waals surface area contributed by atoms with Crippen LogP contribution in [0.1, 0.15) is 25.6 Å². The molecule has 0 spiro atoms. The number of carbonyl (C=O) groups is 1. The van der Waals surface area contributed by atoms with Crippen LogP contribution in [0.25, 0.3) is 0 Å². The molecule has 0 bridgehead atoms. The monoisotopic (exact) mass is 305 g/mol. The van der Waals surface area contributed by atoms with Crippen LogP contribution >= 0.6 is 10.7 Å². The van der Waals surface area contributed by atoms with Gasteiger partial charge in [0.05, 0.1) is 0 Å². The molecule has 1 fully saturated rings. The summed E-state index contributed by atoms with van der Waals surface area (Å²) in [5.74, 6) is 0.434. The standard InChI is InChI=1S/C11H16ClN3O3S/c1-3-15(9-4-5-9)11(16)7-14-6-10(13-8(14)2)19(12,17)18/h6,9H,3-5,7H2,1-2H3. The zero-order chi connectivity index (χ0) is 14.2. The number of amides is 1. The molecule has 2 rings (SSSR count). The van der Waals surface area contributed by atoms with E-state index >= 15 is 0 Å². The van der Waals surface area contributed by atoms with Crippen molar-refractivity contribution in [3.8, 4) is 0 Å². The molecule has 0 N–H and O–H groups in total. The van der Waals surface area contributed by atoms with Crippen LogP contribution in [0.5, 0.6) is 0 Å². The van der Waals surface area contributed by atoms with E-state index in [1.54, 1.807) is 6.92 Å². The van der Waals surface area contributed by atoms with E-state index in [9.17, 15) is 13.2 Å². The zero-order valence-electron chi connectivity index (χ0n) is 10.8. The molecule has 1 aliphatic carbocycles. The predicted octanol–water partition coefficient (Wildman–Crippen LogP) is 1.13. The fourth-order valence-corrected chi connectivity index (χ4v) is 2.74. The number of likely N-dealkylation sites (N-methyl/N-ethyl adjacent to an activating group) is 1. The average molecular weight is 306 g/mol. The fourth-order valence-electron chi connectivity index (χ4n) is 2.02. The molecule has 6 nitrogen and oxygen atoms in total. The van der Waals surface area contributed by atoms with Gasteiger partial charge in [0, 0.05) is 29.5 Å². The number of halogens is 1. The molecule has 1 saturated carbocycles. The normalized spacial score (nSPS) is 15.5. The minimum absolute atomic E-state index is 0.0241. The van der Waals surface area contributed by atoms with Gasteiger partial charge in [-0.25, -0.2) is 13.4 Å². The predicted molar refractivity (Wildman–Crippen MR) is 70.4 cm³/mol. The lowest BCUT2D eigenvalue weighted by molar-refractivity contribution is -0.132. The topological polar surface area (TPSA) is 72.3 Å². The van der Waals surface area contributed by atoms with Gasteiger partial charge >= 0.3 is 0 Å². The average Bonchev–Trinajstić information content (AvgIpc) is 3.04. The van der Waals surface area contributed by atoms with Gasteiger partial charge in [-0.3, -0.25) is 4.79 Å². The highest BCUT2D eigenvalue weighted by molar-refractivity contribution is 8.13. The number of hydrogen-bond donors (Lipinski definition) is 0. The smallest absolute Gasteiger partial charge is 0.280 e. The fraction of sp³-hybridized carbons (Fsp3) is 0.636. The van der Waals surface area contributed by atoms with Crippen molar-refractivity contribution in [2.75, 3.05) is 6.54 Å². The van der Waals surface area contributed by atoms with Crippen molar-refractivity contribution in [1.82, 2.24) is 14.5 Å². The summed E-state index contributed by atoms with van der Waals surface area (Å²) in [5.41, 5.74) is 0. The largest absolute Gasteiger partial charge is 0.338 e. The van der Waals surface area contributed by atoms with Crippen molar-refractivity contribution < 1.29 is 13.2 Å². The number of rotatable bonds is 5. The zero-order valence-corrected chi connectivity index (χ0v) is 12.4. The Hall–Kier alpha value is -1.08. The molecular weight excluding hydrogens is 290 g/mol. The number of aromatic nitrogens is 2. The van der Waals surface area contributed by atoms with E-state index in [1.807, 2.05) is 11.8 Å². The SMILES string of the molecule is CCN(C(=O)Cn1cc(S(=O)(=O)Cl)nc1C)C1CC1. The van der Waals surface area contributed by atoms with E-state index < -0.39 is 9.05 Å². The van der Waals surface area contributed by atoms with Gasteiger partial charge < -0.3 is 9.47 Å². The highest BCUT2D eigenvalue weighted by atomic mass is 35.7. The maximum absolute atomic E-state index is 12.1. The molecule has 8 heteroatoms. The Kier molecular flexibility index (Phi) is 3.87. The second-order valence-electron chi connectivity index (χ2n) is 4.60. The lowest BCUT2D eigenvalue weighted by Crippen LogP contribution is -2.35. The van der Waals surface area contributed by atoms with Crippen LogP contribution in [-0.2, 0) is 20.4 Å². The molecule has 0 atom stereocenters. The minimum Gasteiger partial charge on any atom is -0.338 e. The van der Waals surface area contributed by atoms with Gasteiger partial charge in [-0.2, -0.15) is 0 Å². The van der Waals surface area contributed by atoms with Crippen LogP contribution in [-0.4, -0.2) is 41.4 Å². The van der Waals surface area contributed by atoms with Crippen molar-refractivity contribution in [2.24, 2.45) is 0 Å². The molecule has 0 saturated heterocycles. The molecule has 0 aromatic carbocycles. The summed E-state index contributed by atoms with van der Waals surface area (Å²) in [4.78, 5) is 17.8. The highest BCUT2D eigenvalue weighted by Gasteiger charge is 2.31. The molecule has 0 unspecified atom stereocenters. The summed E-state index contributed by atoms with van der Waals surface area (Å²) in [6, 6.07) is 0.345. The molecule has 19 heavy (non-hydrogen) atoms. The lowest BCUT2D eigenvalue weighted by atomic mass is 10.4. The van der Waals surface area contributed by atoms with Crippen molar-refractivity contribution in [3.05, 3.63) is 12.0 Å². The first-order chi connectivity index (χ1) is 8.82.